The zero-order chi connectivity index (χ0) is 12.5. The fraction of sp³-hybridized carbons (Fsp3) is 0.250. The van der Waals surface area contributed by atoms with Crippen molar-refractivity contribution < 1.29 is 27.1 Å². The summed E-state index contributed by atoms with van der Waals surface area (Å²) in [4.78, 5) is 2.90. The van der Waals surface area contributed by atoms with E-state index < -0.39 is 35.2 Å². The summed E-state index contributed by atoms with van der Waals surface area (Å²) in [6.07, 6.45) is -8.10. The lowest BCUT2D eigenvalue weighted by molar-refractivity contribution is -0.139. The topological polar surface area (TPSA) is 56.9 Å². The molecule has 0 atom stereocenters. The number of halogens is 5. The highest BCUT2D eigenvalue weighted by Crippen LogP contribution is 2.41. The van der Waals surface area contributed by atoms with Crippen molar-refractivity contribution in [1.29, 1.82) is 5.26 Å². The van der Waals surface area contributed by atoms with E-state index in [0.29, 0.717) is 6.20 Å². The number of pyridine rings is 1. The molecule has 3 nitrogen and oxygen atoms in total. The maximum atomic E-state index is 12.4. The van der Waals surface area contributed by atoms with Crippen LogP contribution in [0.2, 0.25) is 0 Å². The third kappa shape index (κ3) is 2.03. The molecule has 0 radical (unpaired) electrons. The zero-order valence-electron chi connectivity index (χ0n) is 7.39. The van der Waals surface area contributed by atoms with Crippen molar-refractivity contribution in [2.75, 3.05) is 0 Å². The Balaban J connectivity index is 3.55. The minimum atomic E-state index is -5.10. The number of aromatic hydroxyl groups is 1. The van der Waals surface area contributed by atoms with Crippen LogP contribution in [0, 0.1) is 11.3 Å². The monoisotopic (exact) mass is 238 g/mol. The standard InChI is InChI=1S/C8H3F5N2O/c9-7(10)5-6(16)4(8(11,12)13)3(1-14)2-15-5/h2,7,16H. The molecule has 86 valence electrons. The Bertz CT molecular complexity index is 449. The van der Waals surface area contributed by atoms with Gasteiger partial charge in [-0.15, -0.1) is 0 Å². The van der Waals surface area contributed by atoms with Crippen molar-refractivity contribution in [2.45, 2.75) is 12.6 Å². The summed E-state index contributed by atoms with van der Waals surface area (Å²) in [7, 11) is 0. The Morgan fingerprint density at radius 2 is 1.94 bits per heavy atom. The molecule has 1 aromatic heterocycles. The molecular formula is C8H3F5N2O. The molecule has 0 bridgehead atoms. The van der Waals surface area contributed by atoms with Gasteiger partial charge in [-0.1, -0.05) is 0 Å². The van der Waals surface area contributed by atoms with Gasteiger partial charge in [0.2, 0.25) is 0 Å². The Hall–Kier alpha value is -1.91. The summed E-state index contributed by atoms with van der Waals surface area (Å²) < 4.78 is 61.4. The molecule has 0 aliphatic carbocycles. The van der Waals surface area contributed by atoms with E-state index in [1.54, 1.807) is 0 Å². The van der Waals surface area contributed by atoms with Gasteiger partial charge in [-0.05, 0) is 0 Å². The van der Waals surface area contributed by atoms with Crippen molar-refractivity contribution in [3.63, 3.8) is 0 Å². The van der Waals surface area contributed by atoms with Gasteiger partial charge in [0.15, 0.2) is 5.75 Å². The third-order valence-electron chi connectivity index (χ3n) is 1.69. The zero-order valence-corrected chi connectivity index (χ0v) is 7.39. The van der Waals surface area contributed by atoms with E-state index in [1.165, 1.54) is 0 Å². The number of aromatic nitrogens is 1. The molecule has 1 heterocycles. The highest BCUT2D eigenvalue weighted by molar-refractivity contribution is 5.48. The Morgan fingerprint density at radius 3 is 2.31 bits per heavy atom. The van der Waals surface area contributed by atoms with Crippen LogP contribution in [0.15, 0.2) is 6.20 Å². The second kappa shape index (κ2) is 3.92. The fourth-order valence-corrected chi connectivity index (χ4v) is 1.05. The van der Waals surface area contributed by atoms with Crippen LogP contribution < -0.4 is 0 Å². The average Bonchev–Trinajstić information content (AvgIpc) is 2.14. The van der Waals surface area contributed by atoms with E-state index in [-0.39, 0.29) is 0 Å². The summed E-state index contributed by atoms with van der Waals surface area (Å²) in [5.41, 5.74) is -4.19. The number of hydrogen-bond acceptors (Lipinski definition) is 3. The van der Waals surface area contributed by atoms with Crippen LogP contribution in [0.4, 0.5) is 22.0 Å². The minimum absolute atomic E-state index is 0.351. The highest BCUT2D eigenvalue weighted by Gasteiger charge is 2.39. The SMILES string of the molecule is N#Cc1cnc(C(F)F)c(O)c1C(F)(F)F. The first-order valence-corrected chi connectivity index (χ1v) is 3.76. The van der Waals surface area contributed by atoms with Gasteiger partial charge in [0, 0.05) is 6.20 Å². The molecule has 1 rings (SSSR count). The fourth-order valence-electron chi connectivity index (χ4n) is 1.05. The van der Waals surface area contributed by atoms with Crippen molar-refractivity contribution in [2.24, 2.45) is 0 Å². The lowest BCUT2D eigenvalue weighted by Crippen LogP contribution is -2.10. The first-order valence-electron chi connectivity index (χ1n) is 3.76. The van der Waals surface area contributed by atoms with Crippen molar-refractivity contribution in [3.05, 3.63) is 23.0 Å². The number of hydrogen-bond donors (Lipinski definition) is 1. The molecule has 0 aliphatic heterocycles. The normalized spacial score (nSPS) is 11.6. The van der Waals surface area contributed by atoms with Crippen LogP contribution in [0.5, 0.6) is 5.75 Å². The Morgan fingerprint density at radius 1 is 1.38 bits per heavy atom. The predicted octanol–water partition coefficient (Wildman–Crippen LogP) is 2.62. The molecular weight excluding hydrogens is 235 g/mol. The molecule has 16 heavy (non-hydrogen) atoms. The van der Waals surface area contributed by atoms with Crippen LogP contribution in [0.1, 0.15) is 23.2 Å². The molecule has 0 saturated carbocycles. The van der Waals surface area contributed by atoms with Crippen LogP contribution >= 0.6 is 0 Å². The lowest BCUT2D eigenvalue weighted by atomic mass is 10.1. The minimum Gasteiger partial charge on any atom is -0.505 e. The predicted molar refractivity (Wildman–Crippen MR) is 40.6 cm³/mol. The molecule has 0 amide bonds. The summed E-state index contributed by atoms with van der Waals surface area (Å²) >= 11 is 0. The van der Waals surface area contributed by atoms with Gasteiger partial charge in [-0.3, -0.25) is 0 Å². The Kier molecular flexibility index (Phi) is 2.98. The second-order valence-corrected chi connectivity index (χ2v) is 2.69. The van der Waals surface area contributed by atoms with Gasteiger partial charge < -0.3 is 5.11 Å². The van der Waals surface area contributed by atoms with Gasteiger partial charge in [0.05, 0.1) is 5.56 Å². The number of rotatable bonds is 1. The third-order valence-corrected chi connectivity index (χ3v) is 1.69. The molecule has 0 aliphatic rings. The van der Waals surface area contributed by atoms with E-state index in [1.807, 2.05) is 0 Å². The van der Waals surface area contributed by atoms with Gasteiger partial charge in [-0.2, -0.15) is 18.4 Å². The lowest BCUT2D eigenvalue weighted by Gasteiger charge is -2.12. The van der Waals surface area contributed by atoms with Gasteiger partial charge in [0.25, 0.3) is 6.43 Å². The smallest absolute Gasteiger partial charge is 0.421 e. The average molecular weight is 238 g/mol. The van der Waals surface area contributed by atoms with Crippen molar-refractivity contribution in [1.82, 2.24) is 4.98 Å². The van der Waals surface area contributed by atoms with Gasteiger partial charge in [0.1, 0.15) is 17.3 Å². The molecule has 8 heteroatoms. The van der Waals surface area contributed by atoms with Crippen molar-refractivity contribution in [3.8, 4) is 11.8 Å². The van der Waals surface area contributed by atoms with E-state index in [0.717, 1.165) is 6.07 Å². The molecule has 1 N–H and O–H groups in total. The van der Waals surface area contributed by atoms with Gasteiger partial charge in [-0.25, -0.2) is 13.8 Å². The highest BCUT2D eigenvalue weighted by atomic mass is 19.4. The Labute approximate surface area is 85.8 Å². The largest absolute Gasteiger partial charge is 0.505 e. The van der Waals surface area contributed by atoms with E-state index in [4.69, 9.17) is 10.4 Å². The molecule has 0 fully saturated rings. The summed E-state index contributed by atoms with van der Waals surface area (Å²) in [5.74, 6) is -1.71. The van der Waals surface area contributed by atoms with E-state index >= 15 is 0 Å². The first kappa shape index (κ1) is 12.2. The summed E-state index contributed by atoms with van der Waals surface area (Å²) in [6.45, 7) is 0. The second-order valence-electron chi connectivity index (χ2n) is 2.69. The molecule has 0 unspecified atom stereocenters. The number of nitrogens with zero attached hydrogens (tertiary/aromatic N) is 2. The quantitative estimate of drug-likeness (QED) is 0.765. The molecule has 0 spiro atoms. The van der Waals surface area contributed by atoms with E-state index in [9.17, 15) is 22.0 Å². The summed E-state index contributed by atoms with van der Waals surface area (Å²) in [5, 5.41) is 17.3. The maximum absolute atomic E-state index is 12.4. The van der Waals surface area contributed by atoms with Crippen LogP contribution in [0.25, 0.3) is 0 Å². The van der Waals surface area contributed by atoms with Crippen LogP contribution in [-0.4, -0.2) is 10.1 Å². The summed E-state index contributed by atoms with van der Waals surface area (Å²) in [6, 6.07) is 1.12. The van der Waals surface area contributed by atoms with Crippen LogP contribution in [0.3, 0.4) is 0 Å². The maximum Gasteiger partial charge on any atom is 0.421 e. The van der Waals surface area contributed by atoms with Crippen LogP contribution in [-0.2, 0) is 6.18 Å². The van der Waals surface area contributed by atoms with Gasteiger partial charge >= 0.3 is 6.18 Å². The molecule has 0 aromatic carbocycles. The first-order chi connectivity index (χ1) is 7.29. The number of nitriles is 1. The van der Waals surface area contributed by atoms with E-state index in [2.05, 4.69) is 4.98 Å². The number of alkyl halides is 5. The van der Waals surface area contributed by atoms with Crippen molar-refractivity contribution >= 4 is 0 Å². The molecule has 0 saturated heterocycles. The molecule has 1 aromatic rings.